The minimum absolute atomic E-state index is 0.270. The maximum atomic E-state index is 12.5. The number of amides is 1. The SMILES string of the molecule is CCCC(CCN)CCC(=O)N(Cc1ccco1)C1CC1. The van der Waals surface area contributed by atoms with Gasteiger partial charge in [-0.2, -0.15) is 0 Å². The average molecular weight is 292 g/mol. The van der Waals surface area contributed by atoms with Gasteiger partial charge < -0.3 is 15.1 Å². The van der Waals surface area contributed by atoms with E-state index in [4.69, 9.17) is 10.2 Å². The van der Waals surface area contributed by atoms with Gasteiger partial charge in [0, 0.05) is 12.5 Å². The van der Waals surface area contributed by atoms with Crippen molar-refractivity contribution in [1.82, 2.24) is 4.90 Å². The summed E-state index contributed by atoms with van der Waals surface area (Å²) in [5.74, 6) is 1.74. The van der Waals surface area contributed by atoms with Crippen LogP contribution in [0.1, 0.15) is 57.6 Å². The van der Waals surface area contributed by atoms with Crippen molar-refractivity contribution in [2.45, 2.75) is 64.5 Å². The van der Waals surface area contributed by atoms with Gasteiger partial charge in [0.1, 0.15) is 5.76 Å². The molecular weight excluding hydrogens is 264 g/mol. The van der Waals surface area contributed by atoms with Gasteiger partial charge in [-0.05, 0) is 50.3 Å². The molecule has 1 saturated carbocycles. The molecule has 0 saturated heterocycles. The van der Waals surface area contributed by atoms with E-state index in [0.717, 1.165) is 44.4 Å². The molecule has 1 fully saturated rings. The molecule has 1 amide bonds. The molecule has 1 aromatic rings. The lowest BCUT2D eigenvalue weighted by molar-refractivity contribution is -0.133. The van der Waals surface area contributed by atoms with Crippen molar-refractivity contribution in [2.75, 3.05) is 6.54 Å². The van der Waals surface area contributed by atoms with Crippen LogP contribution < -0.4 is 5.73 Å². The lowest BCUT2D eigenvalue weighted by Crippen LogP contribution is -2.32. The smallest absolute Gasteiger partial charge is 0.223 e. The van der Waals surface area contributed by atoms with Crippen LogP contribution in [-0.4, -0.2) is 23.4 Å². The molecule has 1 unspecified atom stereocenters. The number of hydrogen-bond donors (Lipinski definition) is 1. The molecule has 118 valence electrons. The normalized spacial score (nSPS) is 15.9. The molecule has 4 heteroatoms. The van der Waals surface area contributed by atoms with Gasteiger partial charge in [-0.25, -0.2) is 0 Å². The minimum atomic E-state index is 0.270. The highest BCUT2D eigenvalue weighted by molar-refractivity contribution is 5.76. The van der Waals surface area contributed by atoms with Crippen molar-refractivity contribution >= 4 is 5.91 Å². The Morgan fingerprint density at radius 3 is 2.81 bits per heavy atom. The zero-order valence-electron chi connectivity index (χ0n) is 13.1. The molecule has 1 aromatic heterocycles. The lowest BCUT2D eigenvalue weighted by atomic mass is 9.94. The van der Waals surface area contributed by atoms with E-state index in [1.807, 2.05) is 17.0 Å². The summed E-state index contributed by atoms with van der Waals surface area (Å²) in [5.41, 5.74) is 5.67. The number of carbonyl (C=O) groups is 1. The van der Waals surface area contributed by atoms with Gasteiger partial charge in [0.15, 0.2) is 0 Å². The number of hydrogen-bond acceptors (Lipinski definition) is 3. The Hall–Kier alpha value is -1.29. The van der Waals surface area contributed by atoms with Crippen LogP contribution in [0.3, 0.4) is 0 Å². The lowest BCUT2D eigenvalue weighted by Gasteiger charge is -2.23. The third-order valence-corrected chi connectivity index (χ3v) is 4.25. The molecule has 0 bridgehead atoms. The highest BCUT2D eigenvalue weighted by atomic mass is 16.3. The Morgan fingerprint density at radius 1 is 1.43 bits per heavy atom. The van der Waals surface area contributed by atoms with Crippen molar-refractivity contribution in [3.05, 3.63) is 24.2 Å². The van der Waals surface area contributed by atoms with Gasteiger partial charge in [-0.1, -0.05) is 19.8 Å². The van der Waals surface area contributed by atoms with Crippen LogP contribution in [0.2, 0.25) is 0 Å². The molecule has 0 aromatic carbocycles. The van der Waals surface area contributed by atoms with E-state index in [1.165, 1.54) is 6.42 Å². The monoisotopic (exact) mass is 292 g/mol. The van der Waals surface area contributed by atoms with Crippen LogP contribution in [0.4, 0.5) is 0 Å². The summed E-state index contributed by atoms with van der Waals surface area (Å²) < 4.78 is 5.38. The first kappa shape index (κ1) is 16.1. The van der Waals surface area contributed by atoms with Crippen molar-refractivity contribution in [1.29, 1.82) is 0 Å². The average Bonchev–Trinajstić information content (AvgIpc) is 3.19. The summed E-state index contributed by atoms with van der Waals surface area (Å²) in [6.07, 6.45) is 8.91. The van der Waals surface area contributed by atoms with Crippen LogP contribution in [-0.2, 0) is 11.3 Å². The van der Waals surface area contributed by atoms with Crippen molar-refractivity contribution in [2.24, 2.45) is 11.7 Å². The second kappa shape index (κ2) is 8.23. The third-order valence-electron chi connectivity index (χ3n) is 4.25. The Bertz CT molecular complexity index is 406. The molecular formula is C17H28N2O2. The summed E-state index contributed by atoms with van der Waals surface area (Å²) in [5, 5.41) is 0. The molecule has 21 heavy (non-hydrogen) atoms. The number of furan rings is 1. The zero-order chi connectivity index (χ0) is 15.1. The number of rotatable bonds is 10. The Morgan fingerprint density at radius 2 is 2.24 bits per heavy atom. The molecule has 1 atom stereocenters. The zero-order valence-corrected chi connectivity index (χ0v) is 13.1. The van der Waals surface area contributed by atoms with Gasteiger partial charge in [-0.15, -0.1) is 0 Å². The predicted octanol–water partition coefficient (Wildman–Crippen LogP) is 3.32. The maximum absolute atomic E-state index is 12.5. The van der Waals surface area contributed by atoms with E-state index in [1.54, 1.807) is 6.26 Å². The summed E-state index contributed by atoms with van der Waals surface area (Å²) >= 11 is 0. The predicted molar refractivity (Wildman–Crippen MR) is 83.6 cm³/mol. The van der Waals surface area contributed by atoms with E-state index in [2.05, 4.69) is 6.92 Å². The molecule has 2 rings (SSSR count). The summed E-state index contributed by atoms with van der Waals surface area (Å²) in [4.78, 5) is 14.5. The molecule has 1 heterocycles. The highest BCUT2D eigenvalue weighted by Crippen LogP contribution is 2.30. The fraction of sp³-hybridized carbons (Fsp3) is 0.706. The fourth-order valence-corrected chi connectivity index (χ4v) is 2.93. The van der Waals surface area contributed by atoms with Crippen molar-refractivity contribution in [3.63, 3.8) is 0 Å². The van der Waals surface area contributed by atoms with Crippen LogP contribution in [0.15, 0.2) is 22.8 Å². The topological polar surface area (TPSA) is 59.5 Å². The first-order chi connectivity index (χ1) is 10.2. The second-order valence-corrected chi connectivity index (χ2v) is 6.10. The largest absolute Gasteiger partial charge is 0.467 e. The van der Waals surface area contributed by atoms with Crippen molar-refractivity contribution in [3.8, 4) is 0 Å². The Labute approximate surface area is 127 Å². The quantitative estimate of drug-likeness (QED) is 0.719. The Kier molecular flexibility index (Phi) is 6.30. The van der Waals surface area contributed by atoms with E-state index in [9.17, 15) is 4.79 Å². The number of carbonyl (C=O) groups excluding carboxylic acids is 1. The highest BCUT2D eigenvalue weighted by Gasteiger charge is 2.32. The molecule has 0 aliphatic heterocycles. The summed E-state index contributed by atoms with van der Waals surface area (Å²) in [6, 6.07) is 4.25. The number of nitrogens with zero attached hydrogens (tertiary/aromatic N) is 1. The molecule has 1 aliphatic carbocycles. The first-order valence-electron chi connectivity index (χ1n) is 8.26. The van der Waals surface area contributed by atoms with Gasteiger partial charge >= 0.3 is 0 Å². The van der Waals surface area contributed by atoms with Gasteiger partial charge in [-0.3, -0.25) is 4.79 Å². The second-order valence-electron chi connectivity index (χ2n) is 6.10. The summed E-state index contributed by atoms with van der Waals surface area (Å²) in [6.45, 7) is 3.53. The van der Waals surface area contributed by atoms with Crippen molar-refractivity contribution < 1.29 is 9.21 Å². The third kappa shape index (κ3) is 5.20. The molecule has 0 radical (unpaired) electrons. The van der Waals surface area contributed by atoms with E-state index in [-0.39, 0.29) is 5.91 Å². The van der Waals surface area contributed by atoms with Gasteiger partial charge in [0.05, 0.1) is 12.8 Å². The fourth-order valence-electron chi connectivity index (χ4n) is 2.93. The van der Waals surface area contributed by atoms with Crippen LogP contribution >= 0.6 is 0 Å². The van der Waals surface area contributed by atoms with Gasteiger partial charge in [0.2, 0.25) is 5.91 Å². The van der Waals surface area contributed by atoms with Gasteiger partial charge in [0.25, 0.3) is 0 Å². The first-order valence-corrected chi connectivity index (χ1v) is 8.26. The minimum Gasteiger partial charge on any atom is -0.467 e. The maximum Gasteiger partial charge on any atom is 0.223 e. The molecule has 0 spiro atoms. The summed E-state index contributed by atoms with van der Waals surface area (Å²) in [7, 11) is 0. The molecule has 2 N–H and O–H groups in total. The van der Waals surface area contributed by atoms with Crippen LogP contribution in [0.5, 0.6) is 0 Å². The van der Waals surface area contributed by atoms with Crippen LogP contribution in [0.25, 0.3) is 0 Å². The van der Waals surface area contributed by atoms with E-state index < -0.39 is 0 Å². The number of nitrogens with two attached hydrogens (primary N) is 1. The van der Waals surface area contributed by atoms with E-state index in [0.29, 0.717) is 24.9 Å². The van der Waals surface area contributed by atoms with E-state index >= 15 is 0 Å². The standard InChI is InChI=1S/C17H28N2O2/c1-2-4-14(10-11-18)6-9-17(20)19(15-7-8-15)13-16-5-3-12-21-16/h3,5,12,14-15H,2,4,6-11,13,18H2,1H3. The van der Waals surface area contributed by atoms with Crippen LogP contribution in [0, 0.1) is 5.92 Å². The molecule has 4 nitrogen and oxygen atoms in total. The Balaban J connectivity index is 1.83. The molecule has 1 aliphatic rings.